The molecular weight excluding hydrogens is 651 g/mol. The Bertz CT molecular complexity index is 2970. The number of aliphatic imine (C=N–C) groups is 1. The zero-order chi connectivity index (χ0) is 35.2. The molecule has 0 aliphatic heterocycles. The minimum absolute atomic E-state index is 0.432. The van der Waals surface area contributed by atoms with Gasteiger partial charge in [0, 0.05) is 47.6 Å². The highest BCUT2D eigenvalue weighted by atomic mass is 32.1. The smallest absolute Gasteiger partial charge is 0.131 e. The number of benzene rings is 7. The van der Waals surface area contributed by atoms with E-state index in [0.717, 1.165) is 28.0 Å². The highest BCUT2D eigenvalue weighted by Crippen LogP contribution is 2.44. The van der Waals surface area contributed by atoms with E-state index in [1.165, 1.54) is 63.6 Å². The highest BCUT2D eigenvalue weighted by Gasteiger charge is 2.18. The van der Waals surface area contributed by atoms with Crippen LogP contribution in [-0.2, 0) is 6.42 Å². The lowest BCUT2D eigenvalue weighted by Crippen LogP contribution is -2.14. The van der Waals surface area contributed by atoms with Gasteiger partial charge in [0.25, 0.3) is 0 Å². The standard InChI is InChI=1S/C48H35N3S/c1-3-13-32(4-2)41(28-22-31-14-6-5-7-15-31)50-48(49)34-16-12-17-35(30-34)51-42-20-10-8-18-36(42)38-27-26-37-39(47(38)51)25-23-33-24-29-44-46(45(33)37)40-19-9-11-21-43(40)52-44/h3-21,23-30H,1-2,22H2,(H2,49,50)/b32-13+,41-28-. The number of nitrogens with two attached hydrogens (primary N) is 1. The Morgan fingerprint density at radius 1 is 0.673 bits per heavy atom. The van der Waals surface area contributed by atoms with Gasteiger partial charge >= 0.3 is 0 Å². The van der Waals surface area contributed by atoms with E-state index in [2.05, 4.69) is 139 Å². The van der Waals surface area contributed by atoms with Crippen LogP contribution in [0.3, 0.4) is 0 Å². The monoisotopic (exact) mass is 685 g/mol. The number of allylic oxidation sites excluding steroid dienone is 4. The van der Waals surface area contributed by atoms with Gasteiger partial charge in [0.1, 0.15) is 5.84 Å². The number of rotatable bonds is 8. The van der Waals surface area contributed by atoms with E-state index >= 15 is 0 Å². The molecule has 4 heteroatoms. The molecule has 0 saturated carbocycles. The van der Waals surface area contributed by atoms with Crippen molar-refractivity contribution < 1.29 is 0 Å². The fourth-order valence-corrected chi connectivity index (χ4v) is 8.73. The summed E-state index contributed by atoms with van der Waals surface area (Å²) in [4.78, 5) is 4.99. The normalized spacial score (nSPS) is 12.9. The van der Waals surface area contributed by atoms with Gasteiger partial charge in [0.2, 0.25) is 0 Å². The number of para-hydroxylation sites is 1. The summed E-state index contributed by atoms with van der Waals surface area (Å²) in [6, 6.07) is 49.9. The lowest BCUT2D eigenvalue weighted by atomic mass is 9.96. The largest absolute Gasteiger partial charge is 0.383 e. The molecule has 0 atom stereocenters. The van der Waals surface area contributed by atoms with Crippen LogP contribution in [0.15, 0.2) is 193 Å². The number of hydrogen-bond donors (Lipinski definition) is 1. The summed E-state index contributed by atoms with van der Waals surface area (Å²) in [5.41, 5.74) is 13.8. The van der Waals surface area contributed by atoms with Crippen LogP contribution in [0.2, 0.25) is 0 Å². The number of thiophene rings is 1. The van der Waals surface area contributed by atoms with E-state index in [-0.39, 0.29) is 0 Å². The molecule has 0 unspecified atom stereocenters. The minimum atomic E-state index is 0.432. The van der Waals surface area contributed by atoms with Crippen LogP contribution < -0.4 is 5.73 Å². The first kappa shape index (κ1) is 31.5. The molecule has 52 heavy (non-hydrogen) atoms. The summed E-state index contributed by atoms with van der Waals surface area (Å²) < 4.78 is 5.01. The van der Waals surface area contributed by atoms with Gasteiger partial charge < -0.3 is 10.3 Å². The molecule has 2 N–H and O–H groups in total. The third-order valence-electron chi connectivity index (χ3n) is 9.98. The quantitative estimate of drug-likeness (QED) is 0.0736. The summed E-state index contributed by atoms with van der Waals surface area (Å²) >= 11 is 1.86. The van der Waals surface area contributed by atoms with E-state index < -0.39 is 0 Å². The van der Waals surface area contributed by atoms with E-state index in [0.29, 0.717) is 12.3 Å². The van der Waals surface area contributed by atoms with Crippen molar-refractivity contribution in [1.82, 2.24) is 4.57 Å². The fraction of sp³-hybridized carbons (Fsp3) is 0.0208. The predicted octanol–water partition coefficient (Wildman–Crippen LogP) is 12.6. The number of amidine groups is 1. The number of fused-ring (bicyclic) bond motifs is 11. The van der Waals surface area contributed by atoms with Crippen LogP contribution in [0.25, 0.3) is 69.2 Å². The predicted molar refractivity (Wildman–Crippen MR) is 226 cm³/mol. The molecule has 0 amide bonds. The third kappa shape index (κ3) is 5.24. The van der Waals surface area contributed by atoms with Crippen molar-refractivity contribution in [2.24, 2.45) is 10.7 Å². The second kappa shape index (κ2) is 13.0. The number of aromatic nitrogens is 1. The van der Waals surface area contributed by atoms with Crippen LogP contribution in [0, 0.1) is 0 Å². The van der Waals surface area contributed by atoms with Crippen LogP contribution >= 0.6 is 11.3 Å². The first-order valence-corrected chi connectivity index (χ1v) is 18.3. The molecule has 0 aliphatic rings. The molecule has 0 aliphatic carbocycles. The first-order chi connectivity index (χ1) is 25.6. The molecule has 0 fully saturated rings. The van der Waals surface area contributed by atoms with E-state index in [1.54, 1.807) is 12.2 Å². The van der Waals surface area contributed by atoms with Gasteiger partial charge in [-0.15, -0.1) is 11.3 Å². The fourth-order valence-electron chi connectivity index (χ4n) is 7.61. The zero-order valence-corrected chi connectivity index (χ0v) is 29.4. The summed E-state index contributed by atoms with van der Waals surface area (Å²) in [7, 11) is 0. The van der Waals surface area contributed by atoms with Crippen molar-refractivity contribution in [3.63, 3.8) is 0 Å². The van der Waals surface area contributed by atoms with Crippen LogP contribution in [0.5, 0.6) is 0 Å². The van der Waals surface area contributed by atoms with Gasteiger partial charge in [0.05, 0.1) is 16.7 Å². The van der Waals surface area contributed by atoms with E-state index in [9.17, 15) is 0 Å². The molecule has 9 aromatic rings. The van der Waals surface area contributed by atoms with Gasteiger partial charge in [-0.05, 0) is 64.0 Å². The summed E-state index contributed by atoms with van der Waals surface area (Å²) in [6.45, 7) is 7.95. The van der Waals surface area contributed by atoms with Gasteiger partial charge in [-0.3, -0.25) is 0 Å². The lowest BCUT2D eigenvalue weighted by molar-refractivity contribution is 1.18. The molecular formula is C48H35N3S. The van der Waals surface area contributed by atoms with Gasteiger partial charge in [-0.1, -0.05) is 147 Å². The Morgan fingerprint density at radius 2 is 1.40 bits per heavy atom. The van der Waals surface area contributed by atoms with Crippen molar-refractivity contribution in [2.45, 2.75) is 6.42 Å². The average molecular weight is 686 g/mol. The molecule has 7 aromatic carbocycles. The lowest BCUT2D eigenvalue weighted by Gasteiger charge is -2.13. The SMILES string of the molecule is C=C/C=C(C=C)/C(=C/Cc1ccccc1)N=C(N)c1cccc(-n2c3ccccc3c3ccc4c(ccc5ccc6sc7ccccc7c6c54)c32)c1. The molecule has 3 nitrogen and oxygen atoms in total. The molecule has 0 bridgehead atoms. The number of hydrogen-bond acceptors (Lipinski definition) is 2. The average Bonchev–Trinajstić information content (AvgIpc) is 3.75. The summed E-state index contributed by atoms with van der Waals surface area (Å²) in [6.07, 6.45) is 8.27. The van der Waals surface area contributed by atoms with Crippen LogP contribution in [-0.4, -0.2) is 10.4 Å². The molecule has 248 valence electrons. The van der Waals surface area contributed by atoms with Crippen LogP contribution in [0.4, 0.5) is 0 Å². The topological polar surface area (TPSA) is 43.3 Å². The second-order valence-corrected chi connectivity index (χ2v) is 14.1. The summed E-state index contributed by atoms with van der Waals surface area (Å²) in [5, 5.41) is 10.1. The summed E-state index contributed by atoms with van der Waals surface area (Å²) in [5.74, 6) is 0.432. The zero-order valence-electron chi connectivity index (χ0n) is 28.6. The van der Waals surface area contributed by atoms with Gasteiger partial charge in [0.15, 0.2) is 0 Å². The molecule has 2 aromatic heterocycles. The number of nitrogens with zero attached hydrogens (tertiary/aromatic N) is 2. The Labute approximate surface area is 306 Å². The Hall–Kier alpha value is -6.49. The van der Waals surface area contributed by atoms with Gasteiger partial charge in [-0.2, -0.15) is 0 Å². The molecule has 0 saturated heterocycles. The van der Waals surface area contributed by atoms with Crippen molar-refractivity contribution in [1.29, 1.82) is 0 Å². The van der Waals surface area contributed by atoms with E-state index in [4.69, 9.17) is 10.7 Å². The maximum Gasteiger partial charge on any atom is 0.131 e. The first-order valence-electron chi connectivity index (χ1n) is 17.5. The maximum atomic E-state index is 6.86. The van der Waals surface area contributed by atoms with Crippen molar-refractivity contribution in [2.75, 3.05) is 0 Å². The molecule has 0 spiro atoms. The Balaban J connectivity index is 1.26. The third-order valence-corrected chi connectivity index (χ3v) is 11.1. The van der Waals surface area contributed by atoms with Crippen molar-refractivity contribution in [3.05, 3.63) is 199 Å². The van der Waals surface area contributed by atoms with Gasteiger partial charge in [-0.25, -0.2) is 4.99 Å². The molecule has 9 rings (SSSR count). The molecule has 0 radical (unpaired) electrons. The Kier molecular flexibility index (Phi) is 7.87. The molecule has 2 heterocycles. The van der Waals surface area contributed by atoms with E-state index in [1.807, 2.05) is 41.7 Å². The maximum absolute atomic E-state index is 6.86. The van der Waals surface area contributed by atoms with Crippen molar-refractivity contribution >= 4 is 80.7 Å². The second-order valence-electron chi connectivity index (χ2n) is 13.0. The van der Waals surface area contributed by atoms with Crippen LogP contribution in [0.1, 0.15) is 11.1 Å². The van der Waals surface area contributed by atoms with Crippen molar-refractivity contribution in [3.8, 4) is 5.69 Å². The Morgan fingerprint density at radius 3 is 2.25 bits per heavy atom. The minimum Gasteiger partial charge on any atom is -0.383 e. The highest BCUT2D eigenvalue weighted by molar-refractivity contribution is 7.26.